The molecule has 1 aliphatic heterocycles. The van der Waals surface area contributed by atoms with Crippen LogP contribution >= 0.6 is 0 Å². The summed E-state index contributed by atoms with van der Waals surface area (Å²) >= 11 is 0. The summed E-state index contributed by atoms with van der Waals surface area (Å²) in [6.45, 7) is 4.78. The number of halogens is 3. The third-order valence-electron chi connectivity index (χ3n) is 3.80. The van der Waals surface area contributed by atoms with Gasteiger partial charge >= 0.3 is 6.18 Å². The number of piperidine rings is 1. The highest BCUT2D eigenvalue weighted by Gasteiger charge is 2.42. The number of hydrogen-bond donors (Lipinski definition) is 0. The van der Waals surface area contributed by atoms with E-state index in [2.05, 4.69) is 6.58 Å². The summed E-state index contributed by atoms with van der Waals surface area (Å²) in [5.41, 5.74) is 1.19. The van der Waals surface area contributed by atoms with Crippen LogP contribution in [-0.2, 0) is 4.79 Å². The van der Waals surface area contributed by atoms with E-state index in [-0.39, 0.29) is 5.56 Å². The van der Waals surface area contributed by atoms with Gasteiger partial charge in [0.1, 0.15) is 0 Å². The largest absolute Gasteiger partial charge is 0.396 e. The number of benzene rings is 1. The van der Waals surface area contributed by atoms with Crippen molar-refractivity contribution in [2.45, 2.75) is 31.4 Å². The van der Waals surface area contributed by atoms with Gasteiger partial charge in [-0.2, -0.15) is 13.2 Å². The number of carbonyl (C=O) groups excluding carboxylic acids is 1. The Kier molecular flexibility index (Phi) is 4.70. The van der Waals surface area contributed by atoms with Crippen LogP contribution in [0.15, 0.2) is 42.5 Å². The summed E-state index contributed by atoms with van der Waals surface area (Å²) in [7, 11) is 0. The summed E-state index contributed by atoms with van der Waals surface area (Å²) in [5.74, 6) is -2.18. The number of likely N-dealkylation sites (tertiary alicyclic amines) is 1. The van der Waals surface area contributed by atoms with E-state index >= 15 is 0 Å². The van der Waals surface area contributed by atoms with Crippen LogP contribution in [0.2, 0.25) is 0 Å². The Morgan fingerprint density at radius 3 is 2.29 bits per heavy atom. The third kappa shape index (κ3) is 4.09. The molecule has 5 heteroatoms. The lowest BCUT2D eigenvalue weighted by Gasteiger charge is -2.30. The predicted molar refractivity (Wildman–Crippen MR) is 74.8 cm³/mol. The molecule has 1 aromatic carbocycles. The van der Waals surface area contributed by atoms with Crippen molar-refractivity contribution in [2.24, 2.45) is 0 Å². The molecule has 0 bridgehead atoms. The van der Waals surface area contributed by atoms with Gasteiger partial charge in [0.25, 0.3) is 0 Å². The van der Waals surface area contributed by atoms with Crippen LogP contribution in [0.25, 0.3) is 0 Å². The maximum Gasteiger partial charge on any atom is 0.396 e. The zero-order valence-electron chi connectivity index (χ0n) is 11.7. The molecule has 1 heterocycles. The second-order valence-electron chi connectivity index (χ2n) is 5.34. The summed E-state index contributed by atoms with van der Waals surface area (Å²) < 4.78 is 39.6. The lowest BCUT2D eigenvalue weighted by Crippen LogP contribution is -2.38. The van der Waals surface area contributed by atoms with E-state index in [1.54, 1.807) is 18.2 Å². The molecule has 0 aromatic heterocycles. The van der Waals surface area contributed by atoms with Crippen molar-refractivity contribution in [3.05, 3.63) is 48.0 Å². The van der Waals surface area contributed by atoms with E-state index in [4.69, 9.17) is 0 Å². The third-order valence-corrected chi connectivity index (χ3v) is 3.80. The highest BCUT2D eigenvalue weighted by atomic mass is 19.4. The van der Waals surface area contributed by atoms with Gasteiger partial charge in [-0.3, -0.25) is 4.79 Å². The molecule has 0 unspecified atom stereocenters. The van der Waals surface area contributed by atoms with Gasteiger partial charge in [-0.1, -0.05) is 42.5 Å². The smallest absolute Gasteiger partial charge is 0.342 e. The fourth-order valence-electron chi connectivity index (χ4n) is 2.48. The van der Waals surface area contributed by atoms with Crippen LogP contribution < -0.4 is 0 Å². The van der Waals surface area contributed by atoms with E-state index < -0.39 is 24.4 Å². The molecular weight excluding hydrogens is 279 g/mol. The lowest BCUT2D eigenvalue weighted by atomic mass is 9.94. The Bertz CT molecular complexity index is 500. The van der Waals surface area contributed by atoms with Crippen LogP contribution in [-0.4, -0.2) is 30.1 Å². The van der Waals surface area contributed by atoms with Crippen molar-refractivity contribution in [1.29, 1.82) is 0 Å². The monoisotopic (exact) mass is 297 g/mol. The fourth-order valence-corrected chi connectivity index (χ4v) is 2.48. The molecule has 21 heavy (non-hydrogen) atoms. The molecule has 0 aliphatic carbocycles. The zero-order chi connectivity index (χ0) is 15.5. The number of rotatable bonds is 3. The predicted octanol–water partition coefficient (Wildman–Crippen LogP) is 3.90. The van der Waals surface area contributed by atoms with Gasteiger partial charge in [-0.15, -0.1) is 0 Å². The number of hydrogen-bond acceptors (Lipinski definition) is 1. The average molecular weight is 297 g/mol. The summed E-state index contributed by atoms with van der Waals surface area (Å²) in [5, 5.41) is 0. The summed E-state index contributed by atoms with van der Waals surface area (Å²) in [4.78, 5) is 13.6. The molecule has 0 saturated carbocycles. The first-order valence-corrected chi connectivity index (χ1v) is 6.94. The van der Waals surface area contributed by atoms with Crippen molar-refractivity contribution in [2.75, 3.05) is 13.1 Å². The molecule has 2 rings (SSSR count). The first-order valence-electron chi connectivity index (χ1n) is 6.94. The number of amides is 1. The summed E-state index contributed by atoms with van der Waals surface area (Å²) in [6, 6.07) is 7.62. The lowest BCUT2D eigenvalue weighted by molar-refractivity contribution is -0.160. The number of alkyl halides is 3. The number of carbonyl (C=O) groups is 1. The fraction of sp³-hybridized carbons (Fsp3) is 0.438. The van der Waals surface area contributed by atoms with Crippen molar-refractivity contribution in [3.8, 4) is 0 Å². The number of nitrogens with zero attached hydrogens (tertiary/aromatic N) is 1. The van der Waals surface area contributed by atoms with Gasteiger partial charge in [0.2, 0.25) is 5.91 Å². The van der Waals surface area contributed by atoms with E-state index in [9.17, 15) is 18.0 Å². The van der Waals surface area contributed by atoms with Gasteiger partial charge in [0, 0.05) is 19.5 Å². The van der Waals surface area contributed by atoms with E-state index in [1.165, 1.54) is 17.0 Å². The Morgan fingerprint density at radius 1 is 1.19 bits per heavy atom. The Labute approximate surface area is 122 Å². The Hall–Kier alpha value is -1.78. The standard InChI is InChI=1S/C16H18F3NO/c1-12-7-9-20(10-8-12)15(21)11-14(16(17,18)19)13-5-3-2-4-6-13/h2-6,14H,1,7-11H2/t14-/m1/s1. The molecule has 114 valence electrons. The van der Waals surface area contributed by atoms with Gasteiger partial charge in [-0.05, 0) is 18.4 Å². The van der Waals surface area contributed by atoms with Gasteiger partial charge < -0.3 is 4.90 Å². The maximum atomic E-state index is 13.2. The molecule has 1 aromatic rings. The van der Waals surface area contributed by atoms with E-state index in [0.29, 0.717) is 25.9 Å². The molecule has 0 spiro atoms. The second kappa shape index (κ2) is 6.33. The van der Waals surface area contributed by atoms with Gasteiger partial charge in [0.15, 0.2) is 0 Å². The minimum Gasteiger partial charge on any atom is -0.342 e. The van der Waals surface area contributed by atoms with E-state index in [0.717, 1.165) is 5.57 Å². The van der Waals surface area contributed by atoms with Crippen LogP contribution in [0.4, 0.5) is 13.2 Å². The highest BCUT2D eigenvalue weighted by Crippen LogP contribution is 2.37. The molecule has 1 fully saturated rings. The normalized spacial score (nSPS) is 17.7. The van der Waals surface area contributed by atoms with Gasteiger partial charge in [-0.25, -0.2) is 0 Å². The second-order valence-corrected chi connectivity index (χ2v) is 5.34. The van der Waals surface area contributed by atoms with Crippen LogP contribution in [0.5, 0.6) is 0 Å². The SMILES string of the molecule is C=C1CCN(C(=O)C[C@H](c2ccccc2)C(F)(F)F)CC1. The Balaban J connectivity index is 2.09. The maximum absolute atomic E-state index is 13.2. The van der Waals surface area contributed by atoms with Crippen molar-refractivity contribution >= 4 is 5.91 Å². The molecule has 0 radical (unpaired) electrons. The van der Waals surface area contributed by atoms with Gasteiger partial charge in [0.05, 0.1) is 5.92 Å². The highest BCUT2D eigenvalue weighted by molar-refractivity contribution is 5.77. The minimum absolute atomic E-state index is 0.139. The quantitative estimate of drug-likeness (QED) is 0.775. The molecule has 1 amide bonds. The van der Waals surface area contributed by atoms with E-state index in [1.807, 2.05) is 0 Å². The van der Waals surface area contributed by atoms with Crippen molar-refractivity contribution in [1.82, 2.24) is 4.90 Å². The zero-order valence-corrected chi connectivity index (χ0v) is 11.7. The van der Waals surface area contributed by atoms with Crippen molar-refractivity contribution < 1.29 is 18.0 Å². The minimum atomic E-state index is -4.42. The first-order chi connectivity index (χ1) is 9.88. The molecule has 0 N–H and O–H groups in total. The van der Waals surface area contributed by atoms with Crippen LogP contribution in [0.1, 0.15) is 30.7 Å². The van der Waals surface area contributed by atoms with Crippen LogP contribution in [0.3, 0.4) is 0 Å². The summed E-state index contributed by atoms with van der Waals surface area (Å²) in [6.07, 6.45) is -3.60. The average Bonchev–Trinajstić information content (AvgIpc) is 2.45. The molecule has 2 nitrogen and oxygen atoms in total. The molecular formula is C16H18F3NO. The van der Waals surface area contributed by atoms with Crippen LogP contribution in [0, 0.1) is 0 Å². The molecule has 1 atom stereocenters. The molecule has 1 saturated heterocycles. The topological polar surface area (TPSA) is 20.3 Å². The Morgan fingerprint density at radius 2 is 1.76 bits per heavy atom. The van der Waals surface area contributed by atoms with Crippen molar-refractivity contribution in [3.63, 3.8) is 0 Å². The molecule has 1 aliphatic rings. The first kappa shape index (κ1) is 15.6.